The molecule has 0 N–H and O–H groups in total. The average molecular weight is 308 g/mol. The van der Waals surface area contributed by atoms with Crippen molar-refractivity contribution < 1.29 is 4.74 Å². The van der Waals surface area contributed by atoms with Gasteiger partial charge in [0.15, 0.2) is 5.65 Å². The summed E-state index contributed by atoms with van der Waals surface area (Å²) in [7, 11) is 1.63. The Kier molecular flexibility index (Phi) is 3.08. The molecule has 0 aliphatic heterocycles. The Morgan fingerprint density at radius 3 is 2.91 bits per heavy atom. The third kappa shape index (κ3) is 2.14. The Hall–Kier alpha value is -2.73. The zero-order chi connectivity index (χ0) is 14.9. The fraction of sp³-hybridized carbons (Fsp3) is 0.0625. The standard InChI is InChI=1S/C16H12N4OS/c1-21-12-7-11(8-17-9-12)13-4-5-16-18-10-14(20(16)19-13)15-3-2-6-22-15/h2-10H,1H3. The second kappa shape index (κ2) is 5.23. The minimum absolute atomic E-state index is 0.712. The molecule has 0 saturated carbocycles. The molecule has 5 nitrogen and oxygen atoms in total. The molecule has 0 fully saturated rings. The van der Waals surface area contributed by atoms with Crippen LogP contribution in [0.5, 0.6) is 5.75 Å². The minimum atomic E-state index is 0.712. The molecule has 4 heterocycles. The van der Waals surface area contributed by atoms with Crippen LogP contribution in [-0.2, 0) is 0 Å². The summed E-state index contributed by atoms with van der Waals surface area (Å²) in [5.41, 5.74) is 3.55. The first-order chi connectivity index (χ1) is 10.8. The molecule has 0 spiro atoms. The molecular formula is C16H12N4OS. The van der Waals surface area contributed by atoms with E-state index in [0.717, 1.165) is 27.5 Å². The van der Waals surface area contributed by atoms with Crippen molar-refractivity contribution in [3.05, 3.63) is 54.3 Å². The molecule has 0 aromatic carbocycles. The lowest BCUT2D eigenvalue weighted by atomic mass is 10.2. The number of imidazole rings is 1. The summed E-state index contributed by atoms with van der Waals surface area (Å²) < 4.78 is 7.09. The van der Waals surface area contributed by atoms with Gasteiger partial charge in [0.25, 0.3) is 0 Å². The van der Waals surface area contributed by atoms with E-state index in [9.17, 15) is 0 Å². The van der Waals surface area contributed by atoms with Crippen LogP contribution in [0.4, 0.5) is 0 Å². The number of methoxy groups -OCH3 is 1. The summed E-state index contributed by atoms with van der Waals surface area (Å²) in [5.74, 6) is 0.712. The highest BCUT2D eigenvalue weighted by molar-refractivity contribution is 7.13. The number of thiophene rings is 1. The maximum atomic E-state index is 5.22. The highest BCUT2D eigenvalue weighted by atomic mass is 32.1. The number of hydrogen-bond donors (Lipinski definition) is 0. The topological polar surface area (TPSA) is 52.3 Å². The zero-order valence-corrected chi connectivity index (χ0v) is 12.6. The summed E-state index contributed by atoms with van der Waals surface area (Å²) in [6.45, 7) is 0. The van der Waals surface area contributed by atoms with E-state index in [-0.39, 0.29) is 0 Å². The third-order valence-electron chi connectivity index (χ3n) is 3.38. The molecule has 0 saturated heterocycles. The van der Waals surface area contributed by atoms with Crippen molar-refractivity contribution >= 4 is 17.0 Å². The predicted molar refractivity (Wildman–Crippen MR) is 86.1 cm³/mol. The van der Waals surface area contributed by atoms with Crippen molar-refractivity contribution in [2.24, 2.45) is 0 Å². The fourth-order valence-corrected chi connectivity index (χ4v) is 3.01. The number of hydrogen-bond acceptors (Lipinski definition) is 5. The van der Waals surface area contributed by atoms with E-state index in [2.05, 4.69) is 16.0 Å². The van der Waals surface area contributed by atoms with Crippen LogP contribution in [0.25, 0.3) is 27.5 Å². The molecule has 22 heavy (non-hydrogen) atoms. The Morgan fingerprint density at radius 2 is 2.09 bits per heavy atom. The highest BCUT2D eigenvalue weighted by Crippen LogP contribution is 2.26. The number of rotatable bonds is 3. The molecule has 0 aliphatic carbocycles. The predicted octanol–water partition coefficient (Wildman–Crippen LogP) is 3.53. The van der Waals surface area contributed by atoms with Crippen LogP contribution in [0.1, 0.15) is 0 Å². The Labute approximate surface area is 130 Å². The van der Waals surface area contributed by atoms with Crippen LogP contribution in [-0.4, -0.2) is 26.7 Å². The van der Waals surface area contributed by atoms with E-state index < -0.39 is 0 Å². The van der Waals surface area contributed by atoms with Crippen LogP contribution >= 0.6 is 11.3 Å². The molecule has 0 amide bonds. The van der Waals surface area contributed by atoms with Gasteiger partial charge in [0.1, 0.15) is 11.4 Å². The number of aromatic nitrogens is 4. The van der Waals surface area contributed by atoms with Crippen molar-refractivity contribution in [3.63, 3.8) is 0 Å². The van der Waals surface area contributed by atoms with Gasteiger partial charge in [0.05, 0.1) is 30.1 Å². The smallest absolute Gasteiger partial charge is 0.154 e. The summed E-state index contributed by atoms with van der Waals surface area (Å²) in [6.07, 6.45) is 5.30. The third-order valence-corrected chi connectivity index (χ3v) is 4.27. The second-order valence-corrected chi connectivity index (χ2v) is 5.67. The lowest BCUT2D eigenvalue weighted by molar-refractivity contribution is 0.413. The first kappa shape index (κ1) is 13.0. The van der Waals surface area contributed by atoms with Crippen LogP contribution in [0.3, 0.4) is 0 Å². The summed E-state index contributed by atoms with van der Waals surface area (Å²) in [6, 6.07) is 9.91. The molecule has 0 aliphatic rings. The van der Waals surface area contributed by atoms with Crippen molar-refractivity contribution in [3.8, 4) is 27.6 Å². The van der Waals surface area contributed by atoms with E-state index >= 15 is 0 Å². The van der Waals surface area contributed by atoms with Crippen molar-refractivity contribution in [2.75, 3.05) is 7.11 Å². The number of ether oxygens (including phenoxy) is 1. The fourth-order valence-electron chi connectivity index (χ4n) is 2.29. The van der Waals surface area contributed by atoms with Gasteiger partial charge in [-0.25, -0.2) is 9.50 Å². The minimum Gasteiger partial charge on any atom is -0.495 e. The molecule has 0 bridgehead atoms. The van der Waals surface area contributed by atoms with Crippen molar-refractivity contribution in [2.45, 2.75) is 0 Å². The molecule has 0 unspecified atom stereocenters. The van der Waals surface area contributed by atoms with E-state index in [1.165, 1.54) is 0 Å². The molecule has 4 aromatic heterocycles. The van der Waals surface area contributed by atoms with Crippen LogP contribution in [0.15, 0.2) is 54.3 Å². The van der Waals surface area contributed by atoms with Gasteiger partial charge < -0.3 is 4.74 Å². The molecule has 0 radical (unpaired) electrons. The number of fused-ring (bicyclic) bond motifs is 1. The van der Waals surface area contributed by atoms with Gasteiger partial charge in [-0.3, -0.25) is 4.98 Å². The molecule has 4 aromatic rings. The van der Waals surface area contributed by atoms with E-state index in [0.29, 0.717) is 5.75 Å². The lowest BCUT2D eigenvalue weighted by Crippen LogP contribution is -1.96. The average Bonchev–Trinajstić information content (AvgIpc) is 3.23. The zero-order valence-electron chi connectivity index (χ0n) is 11.8. The monoisotopic (exact) mass is 308 g/mol. The van der Waals surface area contributed by atoms with Crippen LogP contribution in [0, 0.1) is 0 Å². The number of nitrogens with zero attached hydrogens (tertiary/aromatic N) is 4. The summed E-state index contributed by atoms with van der Waals surface area (Å²) in [4.78, 5) is 9.73. The summed E-state index contributed by atoms with van der Waals surface area (Å²) >= 11 is 1.67. The van der Waals surface area contributed by atoms with Gasteiger partial charge in [-0.2, -0.15) is 5.10 Å². The molecule has 108 valence electrons. The molecule has 6 heteroatoms. The molecule has 0 atom stereocenters. The van der Waals surface area contributed by atoms with Crippen LogP contribution < -0.4 is 4.74 Å². The Balaban J connectivity index is 1.87. The van der Waals surface area contributed by atoms with E-state index in [1.807, 2.05) is 40.4 Å². The SMILES string of the molecule is COc1cncc(-c2ccc3ncc(-c4cccs4)n3n2)c1. The normalized spacial score (nSPS) is 11.0. The van der Waals surface area contributed by atoms with Gasteiger partial charge in [0, 0.05) is 11.8 Å². The lowest BCUT2D eigenvalue weighted by Gasteiger charge is -2.05. The van der Waals surface area contributed by atoms with Crippen LogP contribution in [0.2, 0.25) is 0 Å². The van der Waals surface area contributed by atoms with Crippen molar-refractivity contribution in [1.82, 2.24) is 19.6 Å². The maximum absolute atomic E-state index is 5.22. The second-order valence-electron chi connectivity index (χ2n) is 4.72. The maximum Gasteiger partial charge on any atom is 0.154 e. The van der Waals surface area contributed by atoms with E-state index in [1.54, 1.807) is 30.8 Å². The molecular weight excluding hydrogens is 296 g/mol. The first-order valence-electron chi connectivity index (χ1n) is 6.73. The quantitative estimate of drug-likeness (QED) is 0.581. The Bertz CT molecular complexity index is 930. The molecule has 4 rings (SSSR count). The van der Waals surface area contributed by atoms with Crippen molar-refractivity contribution in [1.29, 1.82) is 0 Å². The Morgan fingerprint density at radius 1 is 1.14 bits per heavy atom. The number of pyridine rings is 1. The highest BCUT2D eigenvalue weighted by Gasteiger charge is 2.10. The van der Waals surface area contributed by atoms with Gasteiger partial charge in [-0.1, -0.05) is 6.07 Å². The van der Waals surface area contributed by atoms with Gasteiger partial charge in [-0.05, 0) is 29.6 Å². The van der Waals surface area contributed by atoms with Gasteiger partial charge in [0.2, 0.25) is 0 Å². The summed E-state index contributed by atoms with van der Waals surface area (Å²) in [5, 5.41) is 6.75. The van der Waals surface area contributed by atoms with Gasteiger partial charge in [-0.15, -0.1) is 11.3 Å². The van der Waals surface area contributed by atoms with E-state index in [4.69, 9.17) is 9.84 Å². The largest absolute Gasteiger partial charge is 0.495 e. The first-order valence-corrected chi connectivity index (χ1v) is 7.61. The van der Waals surface area contributed by atoms with Gasteiger partial charge >= 0.3 is 0 Å².